The Morgan fingerprint density at radius 3 is 2.64 bits per heavy atom. The van der Waals surface area contributed by atoms with Crippen molar-refractivity contribution < 1.29 is 14.3 Å². The molecule has 0 spiro atoms. The van der Waals surface area contributed by atoms with E-state index in [0.29, 0.717) is 24.5 Å². The molecule has 132 valence electrons. The minimum absolute atomic E-state index is 0.212. The van der Waals surface area contributed by atoms with Crippen LogP contribution in [0.1, 0.15) is 30.6 Å². The van der Waals surface area contributed by atoms with E-state index in [1.165, 1.54) is 0 Å². The van der Waals surface area contributed by atoms with Crippen LogP contribution in [-0.4, -0.2) is 24.2 Å². The average Bonchev–Trinajstić information content (AvgIpc) is 2.61. The van der Waals surface area contributed by atoms with E-state index >= 15 is 0 Å². The Morgan fingerprint density at radius 1 is 1.08 bits per heavy atom. The van der Waals surface area contributed by atoms with Crippen LogP contribution in [0.5, 0.6) is 11.5 Å². The Morgan fingerprint density at radius 2 is 1.88 bits per heavy atom. The van der Waals surface area contributed by atoms with Gasteiger partial charge in [0, 0.05) is 11.8 Å². The lowest BCUT2D eigenvalue weighted by atomic mass is 10.2. The van der Waals surface area contributed by atoms with Crippen LogP contribution < -0.4 is 20.1 Å². The third-order valence-electron chi connectivity index (χ3n) is 3.22. The molecule has 0 heterocycles. The summed E-state index contributed by atoms with van der Waals surface area (Å²) in [6, 6.07) is 14.5. The Kier molecular flexibility index (Phi) is 7.22. The number of para-hydroxylation sites is 1. The standard InChI is InChI=1S/C19H22N2O3S/c1-3-12-24-15-9-7-8-14(13-15)20-19(25)21-18(22)16-10-5-6-11-17(16)23-4-2/h5-11,13H,3-4,12H2,1-2H3,(H2,20,21,22,25). The van der Waals surface area contributed by atoms with Crippen LogP contribution >= 0.6 is 12.2 Å². The van der Waals surface area contributed by atoms with Crippen LogP contribution in [0, 0.1) is 0 Å². The molecule has 0 atom stereocenters. The van der Waals surface area contributed by atoms with E-state index in [-0.39, 0.29) is 11.0 Å². The van der Waals surface area contributed by atoms with Crippen LogP contribution in [0.25, 0.3) is 0 Å². The van der Waals surface area contributed by atoms with Crippen molar-refractivity contribution in [1.82, 2.24) is 5.32 Å². The number of ether oxygens (including phenoxy) is 2. The largest absolute Gasteiger partial charge is 0.494 e. The quantitative estimate of drug-likeness (QED) is 0.733. The molecule has 0 aliphatic carbocycles. The van der Waals surface area contributed by atoms with Crippen molar-refractivity contribution in [3.05, 3.63) is 54.1 Å². The van der Waals surface area contributed by atoms with E-state index in [4.69, 9.17) is 21.7 Å². The van der Waals surface area contributed by atoms with Crippen LogP contribution in [0.4, 0.5) is 5.69 Å². The van der Waals surface area contributed by atoms with E-state index in [2.05, 4.69) is 10.6 Å². The number of nitrogens with one attached hydrogen (secondary N) is 2. The van der Waals surface area contributed by atoms with Crippen molar-refractivity contribution in [2.45, 2.75) is 20.3 Å². The molecule has 0 fully saturated rings. The number of rotatable bonds is 7. The molecule has 0 aliphatic heterocycles. The highest BCUT2D eigenvalue weighted by molar-refractivity contribution is 7.80. The third kappa shape index (κ3) is 5.76. The zero-order valence-corrected chi connectivity index (χ0v) is 15.2. The van der Waals surface area contributed by atoms with Crippen LogP contribution in [0.2, 0.25) is 0 Å². The molecule has 2 aromatic carbocycles. The van der Waals surface area contributed by atoms with Gasteiger partial charge in [0.15, 0.2) is 5.11 Å². The number of hydrogen-bond donors (Lipinski definition) is 2. The van der Waals surface area contributed by atoms with Gasteiger partial charge in [0.05, 0.1) is 18.8 Å². The SMILES string of the molecule is CCCOc1cccc(NC(=S)NC(=O)c2ccccc2OCC)c1. The van der Waals surface area contributed by atoms with Crippen molar-refractivity contribution in [3.8, 4) is 11.5 Å². The van der Waals surface area contributed by atoms with Crippen LogP contribution in [-0.2, 0) is 0 Å². The highest BCUT2D eigenvalue weighted by atomic mass is 32.1. The summed E-state index contributed by atoms with van der Waals surface area (Å²) in [5.41, 5.74) is 1.19. The second kappa shape index (κ2) is 9.64. The number of carbonyl (C=O) groups is 1. The summed E-state index contributed by atoms with van der Waals surface area (Å²) in [7, 11) is 0. The molecule has 2 N–H and O–H groups in total. The zero-order valence-electron chi connectivity index (χ0n) is 14.4. The maximum Gasteiger partial charge on any atom is 0.261 e. The molecular weight excluding hydrogens is 336 g/mol. The van der Waals surface area contributed by atoms with Crippen molar-refractivity contribution in [3.63, 3.8) is 0 Å². The maximum absolute atomic E-state index is 12.4. The number of anilines is 1. The molecule has 0 bridgehead atoms. The average molecular weight is 358 g/mol. The summed E-state index contributed by atoms with van der Waals surface area (Å²) in [5.74, 6) is 0.961. The van der Waals surface area contributed by atoms with Gasteiger partial charge in [-0.05, 0) is 49.8 Å². The highest BCUT2D eigenvalue weighted by Gasteiger charge is 2.13. The molecule has 25 heavy (non-hydrogen) atoms. The lowest BCUT2D eigenvalue weighted by Crippen LogP contribution is -2.34. The van der Waals surface area contributed by atoms with Crippen LogP contribution in [0.3, 0.4) is 0 Å². The van der Waals surface area contributed by atoms with Gasteiger partial charge < -0.3 is 14.8 Å². The second-order valence-electron chi connectivity index (χ2n) is 5.21. The van der Waals surface area contributed by atoms with Gasteiger partial charge in [-0.25, -0.2) is 0 Å². The van der Waals surface area contributed by atoms with Crippen molar-refractivity contribution in [2.24, 2.45) is 0 Å². The smallest absolute Gasteiger partial charge is 0.261 e. The van der Waals surface area contributed by atoms with Crippen molar-refractivity contribution in [1.29, 1.82) is 0 Å². The van der Waals surface area contributed by atoms with E-state index in [1.54, 1.807) is 18.2 Å². The van der Waals surface area contributed by atoms with Gasteiger partial charge in [0.25, 0.3) is 5.91 Å². The van der Waals surface area contributed by atoms with Gasteiger partial charge in [0.2, 0.25) is 0 Å². The molecule has 5 nitrogen and oxygen atoms in total. The lowest BCUT2D eigenvalue weighted by molar-refractivity contribution is 0.0974. The highest BCUT2D eigenvalue weighted by Crippen LogP contribution is 2.19. The molecule has 0 aromatic heterocycles. The Bertz CT molecular complexity index is 734. The molecular formula is C19H22N2O3S. The number of amides is 1. The minimum Gasteiger partial charge on any atom is -0.494 e. The van der Waals surface area contributed by atoms with Gasteiger partial charge in [0.1, 0.15) is 11.5 Å². The first-order valence-corrected chi connectivity index (χ1v) is 8.62. The second-order valence-corrected chi connectivity index (χ2v) is 5.62. The fourth-order valence-corrected chi connectivity index (χ4v) is 2.36. The molecule has 0 saturated heterocycles. The fourth-order valence-electron chi connectivity index (χ4n) is 2.15. The first-order valence-electron chi connectivity index (χ1n) is 8.21. The molecule has 2 aromatic rings. The van der Waals surface area contributed by atoms with Crippen molar-refractivity contribution in [2.75, 3.05) is 18.5 Å². The number of hydrogen-bond acceptors (Lipinski definition) is 4. The molecule has 0 aliphatic rings. The lowest BCUT2D eigenvalue weighted by Gasteiger charge is -2.13. The van der Waals surface area contributed by atoms with Gasteiger partial charge >= 0.3 is 0 Å². The van der Waals surface area contributed by atoms with E-state index in [0.717, 1.165) is 17.9 Å². The van der Waals surface area contributed by atoms with Gasteiger partial charge in [-0.15, -0.1) is 0 Å². The van der Waals surface area contributed by atoms with Gasteiger partial charge in [-0.1, -0.05) is 25.1 Å². The predicted octanol–water partition coefficient (Wildman–Crippen LogP) is 4.00. The van der Waals surface area contributed by atoms with E-state index < -0.39 is 0 Å². The Hall–Kier alpha value is -2.60. The summed E-state index contributed by atoms with van der Waals surface area (Å²) >= 11 is 5.23. The summed E-state index contributed by atoms with van der Waals surface area (Å²) in [6.45, 7) is 5.05. The van der Waals surface area contributed by atoms with Gasteiger partial charge in [-0.3, -0.25) is 10.1 Å². The zero-order chi connectivity index (χ0) is 18.1. The first kappa shape index (κ1) is 18.7. The monoisotopic (exact) mass is 358 g/mol. The molecule has 1 amide bonds. The van der Waals surface area contributed by atoms with Gasteiger partial charge in [-0.2, -0.15) is 0 Å². The number of carbonyl (C=O) groups excluding carboxylic acids is 1. The van der Waals surface area contributed by atoms with Crippen molar-refractivity contribution >= 4 is 28.9 Å². The normalized spacial score (nSPS) is 10.0. The predicted molar refractivity (Wildman–Crippen MR) is 104 cm³/mol. The molecule has 0 radical (unpaired) electrons. The summed E-state index contributed by atoms with van der Waals surface area (Å²) in [5, 5.41) is 5.87. The molecule has 0 unspecified atom stereocenters. The fraction of sp³-hybridized carbons (Fsp3) is 0.263. The van der Waals surface area contributed by atoms with E-state index in [9.17, 15) is 4.79 Å². The maximum atomic E-state index is 12.4. The summed E-state index contributed by atoms with van der Waals surface area (Å²) < 4.78 is 11.1. The third-order valence-corrected chi connectivity index (χ3v) is 3.43. The first-order chi connectivity index (χ1) is 12.1. The minimum atomic E-state index is -0.320. The Balaban J connectivity index is 1.99. The topological polar surface area (TPSA) is 59.6 Å². The molecule has 6 heteroatoms. The Labute approximate surface area is 153 Å². The number of benzene rings is 2. The van der Waals surface area contributed by atoms with Crippen LogP contribution in [0.15, 0.2) is 48.5 Å². The molecule has 2 rings (SSSR count). The number of thiocarbonyl (C=S) groups is 1. The molecule has 0 saturated carbocycles. The summed E-state index contributed by atoms with van der Waals surface area (Å²) in [4.78, 5) is 12.4. The van der Waals surface area contributed by atoms with E-state index in [1.807, 2.05) is 44.2 Å². The summed E-state index contributed by atoms with van der Waals surface area (Å²) in [6.07, 6.45) is 0.936.